The van der Waals surface area contributed by atoms with Crippen molar-refractivity contribution in [1.82, 2.24) is 10.3 Å². The van der Waals surface area contributed by atoms with E-state index >= 15 is 0 Å². The Morgan fingerprint density at radius 3 is 2.95 bits per heavy atom. The summed E-state index contributed by atoms with van der Waals surface area (Å²) in [4.78, 5) is 16.3. The molecule has 0 unspecified atom stereocenters. The monoisotopic (exact) mass is 292 g/mol. The lowest BCUT2D eigenvalue weighted by Crippen LogP contribution is -2.26. The van der Waals surface area contributed by atoms with E-state index in [9.17, 15) is 4.79 Å². The molecule has 0 atom stereocenters. The zero-order valence-corrected chi connectivity index (χ0v) is 12.5. The summed E-state index contributed by atoms with van der Waals surface area (Å²) >= 11 is 0. The van der Waals surface area contributed by atoms with Crippen molar-refractivity contribution >= 4 is 11.7 Å². The number of ether oxygens (including phenoxy) is 1. The molecular weight excluding hydrogens is 268 g/mol. The number of nitrogen functional groups attached to an aromatic ring is 1. The number of carbonyl (C=O) groups is 1. The molecule has 21 heavy (non-hydrogen) atoms. The van der Waals surface area contributed by atoms with Gasteiger partial charge in [-0.3, -0.25) is 4.79 Å². The van der Waals surface area contributed by atoms with Crippen LogP contribution in [0.25, 0.3) is 0 Å². The van der Waals surface area contributed by atoms with Crippen molar-refractivity contribution in [1.29, 1.82) is 0 Å². The number of amides is 1. The summed E-state index contributed by atoms with van der Waals surface area (Å²) in [5.41, 5.74) is 3.90. The minimum absolute atomic E-state index is 0.106. The molecule has 1 saturated carbocycles. The zero-order valence-electron chi connectivity index (χ0n) is 12.5. The van der Waals surface area contributed by atoms with E-state index in [1.807, 2.05) is 6.92 Å². The largest absolute Gasteiger partial charge is 0.381 e. The number of anilines is 1. The Morgan fingerprint density at radius 2 is 2.29 bits per heavy atom. The Labute approximate surface area is 125 Å². The molecule has 0 saturated heterocycles. The quantitative estimate of drug-likeness (QED) is 0.364. The maximum atomic E-state index is 12.1. The highest BCUT2D eigenvalue weighted by Crippen LogP contribution is 2.28. The van der Waals surface area contributed by atoms with Gasteiger partial charge >= 0.3 is 0 Å². The van der Waals surface area contributed by atoms with Crippen molar-refractivity contribution in [2.75, 3.05) is 25.2 Å². The van der Waals surface area contributed by atoms with Crippen LogP contribution >= 0.6 is 0 Å². The molecule has 116 valence electrons. The molecule has 1 aliphatic rings. The number of hydrazine groups is 1. The number of hydrogen-bond acceptors (Lipinski definition) is 5. The number of nitrogens with zero attached hydrogens (tertiary/aromatic N) is 1. The zero-order chi connectivity index (χ0) is 15.1. The summed E-state index contributed by atoms with van der Waals surface area (Å²) in [5, 5.41) is 2.89. The van der Waals surface area contributed by atoms with Gasteiger partial charge in [-0.25, -0.2) is 10.8 Å². The molecule has 1 aromatic heterocycles. The van der Waals surface area contributed by atoms with Gasteiger partial charge in [0.05, 0.1) is 0 Å². The molecular formula is C15H24N4O2. The summed E-state index contributed by atoms with van der Waals surface area (Å²) < 4.78 is 5.53. The number of pyridine rings is 1. The van der Waals surface area contributed by atoms with E-state index in [2.05, 4.69) is 15.7 Å². The molecule has 1 aromatic rings. The van der Waals surface area contributed by atoms with Crippen LogP contribution in [0.3, 0.4) is 0 Å². The fourth-order valence-corrected chi connectivity index (χ4v) is 1.99. The number of nitrogens with one attached hydrogen (secondary N) is 2. The number of nitrogens with two attached hydrogens (primary N) is 1. The number of rotatable bonds is 9. The van der Waals surface area contributed by atoms with Crippen LogP contribution in [0.4, 0.5) is 5.82 Å². The summed E-state index contributed by atoms with van der Waals surface area (Å²) in [7, 11) is 0. The smallest absolute Gasteiger partial charge is 0.251 e. The van der Waals surface area contributed by atoms with Gasteiger partial charge in [0.25, 0.3) is 5.91 Å². The lowest BCUT2D eigenvalue weighted by atomic mass is 10.2. The fourth-order valence-electron chi connectivity index (χ4n) is 1.99. The van der Waals surface area contributed by atoms with Crippen LogP contribution in [-0.4, -0.2) is 30.6 Å². The van der Waals surface area contributed by atoms with Gasteiger partial charge < -0.3 is 15.5 Å². The highest BCUT2D eigenvalue weighted by atomic mass is 16.5. The van der Waals surface area contributed by atoms with E-state index in [0.717, 1.165) is 31.1 Å². The molecule has 4 N–H and O–H groups in total. The Morgan fingerprint density at radius 1 is 1.48 bits per heavy atom. The van der Waals surface area contributed by atoms with Gasteiger partial charge in [-0.2, -0.15) is 0 Å². The van der Waals surface area contributed by atoms with Gasteiger partial charge in [-0.1, -0.05) is 6.92 Å². The summed E-state index contributed by atoms with van der Waals surface area (Å²) in [6.07, 6.45) is 4.18. The van der Waals surface area contributed by atoms with Gasteiger partial charge in [0.2, 0.25) is 0 Å². The maximum absolute atomic E-state index is 12.1. The maximum Gasteiger partial charge on any atom is 0.251 e. The van der Waals surface area contributed by atoms with Crippen molar-refractivity contribution in [3.63, 3.8) is 0 Å². The molecule has 2 rings (SSSR count). The van der Waals surface area contributed by atoms with Crippen LogP contribution < -0.4 is 16.6 Å². The Kier molecular flexibility index (Phi) is 5.95. The second-order valence-corrected chi connectivity index (χ2v) is 5.36. The molecule has 6 heteroatoms. The lowest BCUT2D eigenvalue weighted by Gasteiger charge is -2.09. The Hall–Kier alpha value is -1.66. The first-order valence-corrected chi connectivity index (χ1v) is 7.56. The Balaban J connectivity index is 1.73. The standard InChI is InChI=1S/C15H24N4O2/c1-2-13-8-12(9-14(18-13)19-16)15(20)17-6-3-7-21-10-11-4-5-11/h8-9,11H,2-7,10,16H2,1H3,(H,17,20)(H,18,19). The number of aryl methyl sites for hydroxylation is 1. The normalized spacial score (nSPS) is 14.0. The van der Waals surface area contributed by atoms with Gasteiger partial charge in [0.1, 0.15) is 5.82 Å². The van der Waals surface area contributed by atoms with Crippen LogP contribution in [0.5, 0.6) is 0 Å². The number of hydrogen-bond donors (Lipinski definition) is 3. The van der Waals surface area contributed by atoms with Crippen LogP contribution in [0, 0.1) is 5.92 Å². The minimum Gasteiger partial charge on any atom is -0.381 e. The number of carbonyl (C=O) groups excluding carboxylic acids is 1. The highest BCUT2D eigenvalue weighted by molar-refractivity contribution is 5.94. The summed E-state index contributed by atoms with van der Waals surface area (Å²) in [6, 6.07) is 3.44. The van der Waals surface area contributed by atoms with Crippen LogP contribution in [0.15, 0.2) is 12.1 Å². The molecule has 1 aliphatic carbocycles. The second kappa shape index (κ2) is 7.95. The minimum atomic E-state index is -0.106. The van der Waals surface area contributed by atoms with Crippen molar-refractivity contribution in [3.05, 3.63) is 23.4 Å². The summed E-state index contributed by atoms with van der Waals surface area (Å²) in [6.45, 7) is 4.16. The van der Waals surface area contributed by atoms with Crippen LogP contribution in [0.1, 0.15) is 42.2 Å². The van der Waals surface area contributed by atoms with Gasteiger partial charge in [0, 0.05) is 31.0 Å². The van der Waals surface area contributed by atoms with E-state index < -0.39 is 0 Å². The van der Waals surface area contributed by atoms with Crippen molar-refractivity contribution < 1.29 is 9.53 Å². The molecule has 1 heterocycles. The second-order valence-electron chi connectivity index (χ2n) is 5.36. The average molecular weight is 292 g/mol. The molecule has 0 spiro atoms. The SMILES string of the molecule is CCc1cc(C(=O)NCCCOCC2CC2)cc(NN)n1. The predicted molar refractivity (Wildman–Crippen MR) is 81.9 cm³/mol. The molecule has 0 aromatic carbocycles. The number of aromatic nitrogens is 1. The summed E-state index contributed by atoms with van der Waals surface area (Å²) in [5.74, 6) is 6.55. The van der Waals surface area contributed by atoms with Crippen molar-refractivity contribution in [3.8, 4) is 0 Å². The van der Waals surface area contributed by atoms with E-state index in [1.54, 1.807) is 12.1 Å². The fraction of sp³-hybridized carbons (Fsp3) is 0.600. The molecule has 0 radical (unpaired) electrons. The molecule has 1 fully saturated rings. The van der Waals surface area contributed by atoms with E-state index in [1.165, 1.54) is 12.8 Å². The lowest BCUT2D eigenvalue weighted by molar-refractivity contribution is 0.0937. The molecule has 0 aliphatic heterocycles. The van der Waals surface area contributed by atoms with Gasteiger partial charge in [-0.05, 0) is 43.7 Å². The Bertz CT molecular complexity index is 452. The third kappa shape index (κ3) is 5.32. The average Bonchev–Trinajstić information content (AvgIpc) is 3.34. The van der Waals surface area contributed by atoms with E-state index in [-0.39, 0.29) is 5.91 Å². The predicted octanol–water partition coefficient (Wildman–Crippen LogP) is 1.48. The topological polar surface area (TPSA) is 89.3 Å². The molecule has 1 amide bonds. The molecule has 0 bridgehead atoms. The third-order valence-electron chi connectivity index (χ3n) is 3.45. The van der Waals surface area contributed by atoms with Crippen molar-refractivity contribution in [2.45, 2.75) is 32.6 Å². The first-order valence-electron chi connectivity index (χ1n) is 7.56. The van der Waals surface area contributed by atoms with E-state index in [4.69, 9.17) is 10.6 Å². The first kappa shape index (κ1) is 15.7. The third-order valence-corrected chi connectivity index (χ3v) is 3.45. The van der Waals surface area contributed by atoms with Crippen LogP contribution in [0.2, 0.25) is 0 Å². The van der Waals surface area contributed by atoms with Gasteiger partial charge in [0.15, 0.2) is 0 Å². The van der Waals surface area contributed by atoms with Crippen LogP contribution in [-0.2, 0) is 11.2 Å². The first-order chi connectivity index (χ1) is 10.2. The van der Waals surface area contributed by atoms with E-state index in [0.29, 0.717) is 24.5 Å². The highest BCUT2D eigenvalue weighted by Gasteiger charge is 2.20. The van der Waals surface area contributed by atoms with Gasteiger partial charge in [-0.15, -0.1) is 0 Å². The molecule has 6 nitrogen and oxygen atoms in total. The van der Waals surface area contributed by atoms with Crippen molar-refractivity contribution in [2.24, 2.45) is 11.8 Å².